The van der Waals surface area contributed by atoms with E-state index in [1.807, 2.05) is 0 Å². The predicted octanol–water partition coefficient (Wildman–Crippen LogP) is 3.57. The first kappa shape index (κ1) is 15.8. The van der Waals surface area contributed by atoms with Crippen LogP contribution in [-0.4, -0.2) is 40.1 Å². The molecule has 0 aliphatic carbocycles. The first-order valence-electron chi connectivity index (χ1n) is 8.53. The second-order valence-corrected chi connectivity index (χ2v) is 6.50. The van der Waals surface area contributed by atoms with Crippen molar-refractivity contribution in [3.63, 3.8) is 0 Å². The van der Waals surface area contributed by atoms with Crippen LogP contribution in [0.2, 0.25) is 0 Å². The molecule has 2 saturated heterocycles. The molecular weight excluding hydrogens is 292 g/mol. The van der Waals surface area contributed by atoms with Crippen molar-refractivity contribution in [1.82, 2.24) is 15.0 Å². The number of nitrogens with zero attached hydrogens (tertiary/aromatic N) is 8. The van der Waals surface area contributed by atoms with E-state index in [0.29, 0.717) is 24.0 Å². The SMILES string of the molecule is C[C@@H]1CCCCN1c1nc(N=[N+]=[N-])nc(N2CCCC[C@@H]2C)n1. The van der Waals surface area contributed by atoms with Gasteiger partial charge in [-0.3, -0.25) is 0 Å². The molecule has 0 radical (unpaired) electrons. The topological polar surface area (TPSA) is 93.9 Å². The summed E-state index contributed by atoms with van der Waals surface area (Å²) in [5.41, 5.74) is 8.76. The Bertz CT molecular complexity index is 557. The molecule has 2 aliphatic rings. The second kappa shape index (κ2) is 7.00. The van der Waals surface area contributed by atoms with Gasteiger partial charge < -0.3 is 9.80 Å². The van der Waals surface area contributed by atoms with Gasteiger partial charge in [-0.1, -0.05) is 0 Å². The third-order valence-corrected chi connectivity index (χ3v) is 4.85. The van der Waals surface area contributed by atoms with Gasteiger partial charge in [-0.05, 0) is 63.0 Å². The van der Waals surface area contributed by atoms with E-state index < -0.39 is 0 Å². The largest absolute Gasteiger partial charge is 0.338 e. The van der Waals surface area contributed by atoms with E-state index in [0.717, 1.165) is 38.8 Å². The number of rotatable bonds is 3. The van der Waals surface area contributed by atoms with Crippen molar-refractivity contribution in [3.05, 3.63) is 10.4 Å². The average Bonchev–Trinajstić information content (AvgIpc) is 2.56. The Morgan fingerprint density at radius 3 is 1.87 bits per heavy atom. The van der Waals surface area contributed by atoms with Gasteiger partial charge in [0.2, 0.25) is 17.8 Å². The summed E-state index contributed by atoms with van der Waals surface area (Å²) in [5.74, 6) is 1.45. The molecule has 2 fully saturated rings. The number of aromatic nitrogens is 3. The van der Waals surface area contributed by atoms with Gasteiger partial charge in [-0.25, -0.2) is 0 Å². The Morgan fingerprint density at radius 1 is 0.913 bits per heavy atom. The van der Waals surface area contributed by atoms with E-state index in [1.165, 1.54) is 12.8 Å². The van der Waals surface area contributed by atoms with E-state index in [-0.39, 0.29) is 5.95 Å². The average molecular weight is 316 g/mol. The van der Waals surface area contributed by atoms with Crippen molar-refractivity contribution < 1.29 is 0 Å². The minimum Gasteiger partial charge on any atom is -0.338 e. The minimum atomic E-state index is 0.169. The summed E-state index contributed by atoms with van der Waals surface area (Å²) in [5, 5.41) is 3.63. The Hall–Kier alpha value is -2.08. The van der Waals surface area contributed by atoms with Crippen LogP contribution in [0, 0.1) is 0 Å². The van der Waals surface area contributed by atoms with Gasteiger partial charge in [0.15, 0.2) is 0 Å². The van der Waals surface area contributed by atoms with Crippen LogP contribution in [0.1, 0.15) is 52.4 Å². The van der Waals surface area contributed by atoms with E-state index in [2.05, 4.69) is 43.6 Å². The predicted molar refractivity (Wildman–Crippen MR) is 90.0 cm³/mol. The molecule has 124 valence electrons. The van der Waals surface area contributed by atoms with Gasteiger partial charge in [0, 0.05) is 30.1 Å². The summed E-state index contributed by atoms with van der Waals surface area (Å²) >= 11 is 0. The lowest BCUT2D eigenvalue weighted by atomic mass is 10.0. The molecule has 0 N–H and O–H groups in total. The Kier molecular flexibility index (Phi) is 4.81. The highest BCUT2D eigenvalue weighted by molar-refractivity contribution is 5.45. The van der Waals surface area contributed by atoms with Gasteiger partial charge in [0.25, 0.3) is 0 Å². The summed E-state index contributed by atoms with van der Waals surface area (Å²) in [4.78, 5) is 20.7. The molecule has 0 spiro atoms. The van der Waals surface area contributed by atoms with Crippen LogP contribution in [0.5, 0.6) is 0 Å². The van der Waals surface area contributed by atoms with Crippen LogP contribution in [-0.2, 0) is 0 Å². The summed E-state index contributed by atoms with van der Waals surface area (Å²) in [6.45, 7) is 6.27. The Labute approximate surface area is 136 Å². The van der Waals surface area contributed by atoms with Gasteiger partial charge >= 0.3 is 0 Å². The zero-order chi connectivity index (χ0) is 16.2. The molecule has 0 bridgehead atoms. The van der Waals surface area contributed by atoms with Crippen LogP contribution >= 0.6 is 0 Å². The Balaban J connectivity index is 1.97. The molecule has 3 rings (SSSR count). The lowest BCUT2D eigenvalue weighted by Gasteiger charge is -2.36. The zero-order valence-corrected chi connectivity index (χ0v) is 13.9. The fraction of sp³-hybridized carbons (Fsp3) is 0.800. The highest BCUT2D eigenvalue weighted by Crippen LogP contribution is 2.27. The quantitative estimate of drug-likeness (QED) is 0.482. The standard InChI is InChI=1S/C15H24N8/c1-11-7-3-5-9-22(11)14-17-13(20-21-16)18-15(19-14)23-10-6-4-8-12(23)2/h11-12H,3-10H2,1-2H3/t11-,12+. The second-order valence-electron chi connectivity index (χ2n) is 6.50. The van der Waals surface area contributed by atoms with Crippen LogP contribution in [0.15, 0.2) is 5.11 Å². The van der Waals surface area contributed by atoms with E-state index in [1.54, 1.807) is 0 Å². The Morgan fingerprint density at radius 2 is 1.43 bits per heavy atom. The normalized spacial score (nSPS) is 25.1. The molecule has 1 aromatic heterocycles. The van der Waals surface area contributed by atoms with Crippen molar-refractivity contribution in [2.75, 3.05) is 22.9 Å². The highest BCUT2D eigenvalue weighted by atomic mass is 15.4. The molecule has 3 heterocycles. The number of azide groups is 1. The fourth-order valence-corrected chi connectivity index (χ4v) is 3.48. The molecule has 0 aromatic carbocycles. The van der Waals surface area contributed by atoms with Gasteiger partial charge in [-0.2, -0.15) is 15.0 Å². The number of hydrogen-bond donors (Lipinski definition) is 0. The zero-order valence-electron chi connectivity index (χ0n) is 13.9. The molecule has 2 aliphatic heterocycles. The lowest BCUT2D eigenvalue weighted by molar-refractivity contribution is 0.467. The molecule has 0 saturated carbocycles. The van der Waals surface area contributed by atoms with Crippen molar-refractivity contribution in [1.29, 1.82) is 0 Å². The first-order chi connectivity index (χ1) is 11.2. The van der Waals surface area contributed by atoms with Crippen LogP contribution in [0.25, 0.3) is 10.4 Å². The molecule has 8 heteroatoms. The number of piperidine rings is 2. The maximum absolute atomic E-state index is 8.76. The third kappa shape index (κ3) is 3.47. The monoisotopic (exact) mass is 316 g/mol. The van der Waals surface area contributed by atoms with Crippen LogP contribution in [0.4, 0.5) is 17.8 Å². The highest BCUT2D eigenvalue weighted by Gasteiger charge is 2.25. The van der Waals surface area contributed by atoms with E-state index >= 15 is 0 Å². The van der Waals surface area contributed by atoms with Crippen LogP contribution < -0.4 is 9.80 Å². The van der Waals surface area contributed by atoms with Crippen molar-refractivity contribution in [2.45, 2.75) is 64.5 Å². The van der Waals surface area contributed by atoms with Gasteiger partial charge in [0.05, 0.1) is 0 Å². The van der Waals surface area contributed by atoms with Crippen LogP contribution in [0.3, 0.4) is 0 Å². The molecule has 8 nitrogen and oxygen atoms in total. The summed E-state index contributed by atoms with van der Waals surface area (Å²) in [6.07, 6.45) is 7.03. The third-order valence-electron chi connectivity index (χ3n) is 4.85. The van der Waals surface area contributed by atoms with Crippen molar-refractivity contribution in [2.24, 2.45) is 5.11 Å². The molecule has 0 unspecified atom stereocenters. The number of hydrogen-bond acceptors (Lipinski definition) is 6. The maximum Gasteiger partial charge on any atom is 0.230 e. The molecule has 0 amide bonds. The number of anilines is 2. The van der Waals surface area contributed by atoms with Gasteiger partial charge in [-0.15, -0.1) is 0 Å². The summed E-state index contributed by atoms with van der Waals surface area (Å²) in [6, 6.07) is 0.799. The summed E-state index contributed by atoms with van der Waals surface area (Å²) < 4.78 is 0. The first-order valence-corrected chi connectivity index (χ1v) is 8.53. The minimum absolute atomic E-state index is 0.169. The molecule has 23 heavy (non-hydrogen) atoms. The summed E-state index contributed by atoms with van der Waals surface area (Å²) in [7, 11) is 0. The lowest BCUT2D eigenvalue weighted by Crippen LogP contribution is -2.41. The molecular formula is C15H24N8. The van der Waals surface area contributed by atoms with Crippen molar-refractivity contribution >= 4 is 17.8 Å². The van der Waals surface area contributed by atoms with Crippen molar-refractivity contribution in [3.8, 4) is 0 Å². The maximum atomic E-state index is 8.76. The van der Waals surface area contributed by atoms with E-state index in [4.69, 9.17) is 10.5 Å². The smallest absolute Gasteiger partial charge is 0.230 e. The fourth-order valence-electron chi connectivity index (χ4n) is 3.48. The molecule has 2 atom stereocenters. The molecule has 1 aromatic rings. The van der Waals surface area contributed by atoms with Gasteiger partial charge in [0.1, 0.15) is 0 Å². The van der Waals surface area contributed by atoms with E-state index in [9.17, 15) is 0 Å².